The molecule has 0 saturated carbocycles. The Morgan fingerprint density at radius 1 is 1.05 bits per heavy atom. The summed E-state index contributed by atoms with van der Waals surface area (Å²) in [6, 6.07) is 19.7. The van der Waals surface area contributed by atoms with Gasteiger partial charge in [0.25, 0.3) is 0 Å². The van der Waals surface area contributed by atoms with Crippen molar-refractivity contribution < 1.29 is 0 Å². The summed E-state index contributed by atoms with van der Waals surface area (Å²) in [5.41, 5.74) is 3.23. The van der Waals surface area contributed by atoms with Gasteiger partial charge in [0.2, 0.25) is 0 Å². The number of nitriles is 2. The van der Waals surface area contributed by atoms with Crippen molar-refractivity contribution in [3.05, 3.63) is 59.7 Å². The van der Waals surface area contributed by atoms with Crippen LogP contribution in [0, 0.1) is 22.7 Å². The van der Waals surface area contributed by atoms with Crippen LogP contribution in [0.5, 0.6) is 0 Å². The van der Waals surface area contributed by atoms with Gasteiger partial charge in [0, 0.05) is 18.1 Å². The van der Waals surface area contributed by atoms with E-state index in [0.29, 0.717) is 24.4 Å². The van der Waals surface area contributed by atoms with E-state index in [1.165, 1.54) is 0 Å². The number of halogens is 1. The molecule has 0 radical (unpaired) electrons. The van der Waals surface area contributed by atoms with Crippen LogP contribution in [-0.2, 0) is 5.88 Å². The summed E-state index contributed by atoms with van der Waals surface area (Å²) in [6.07, 6.45) is 0.386. The van der Waals surface area contributed by atoms with Crippen LogP contribution in [-0.4, -0.2) is 6.54 Å². The molecule has 0 atom stereocenters. The van der Waals surface area contributed by atoms with Crippen molar-refractivity contribution in [2.75, 3.05) is 11.4 Å². The topological polar surface area (TPSA) is 50.8 Å². The summed E-state index contributed by atoms with van der Waals surface area (Å²) in [5, 5.41) is 18.2. The van der Waals surface area contributed by atoms with Gasteiger partial charge in [0.1, 0.15) is 6.07 Å². The van der Waals surface area contributed by atoms with Gasteiger partial charge >= 0.3 is 0 Å². The summed E-state index contributed by atoms with van der Waals surface area (Å²) >= 11 is 5.82. The molecule has 0 aliphatic carbocycles. The molecule has 0 fully saturated rings. The molecule has 2 aromatic carbocycles. The van der Waals surface area contributed by atoms with E-state index in [2.05, 4.69) is 12.1 Å². The first-order valence-corrected chi connectivity index (χ1v) is 7.12. The molecule has 4 heteroatoms. The Morgan fingerprint density at radius 2 is 1.81 bits per heavy atom. The monoisotopic (exact) mass is 295 g/mol. The first kappa shape index (κ1) is 14.9. The first-order chi connectivity index (χ1) is 10.3. The van der Waals surface area contributed by atoms with Crippen molar-refractivity contribution in [2.45, 2.75) is 12.3 Å². The molecule has 0 heterocycles. The van der Waals surface area contributed by atoms with Gasteiger partial charge in [-0.15, -0.1) is 11.6 Å². The van der Waals surface area contributed by atoms with E-state index in [-0.39, 0.29) is 0 Å². The van der Waals surface area contributed by atoms with Gasteiger partial charge in [-0.3, -0.25) is 0 Å². The molecule has 0 spiro atoms. The van der Waals surface area contributed by atoms with Crippen LogP contribution in [0.2, 0.25) is 0 Å². The van der Waals surface area contributed by atoms with Crippen LogP contribution < -0.4 is 4.90 Å². The van der Waals surface area contributed by atoms with Crippen molar-refractivity contribution in [2.24, 2.45) is 0 Å². The Labute approximate surface area is 129 Å². The fraction of sp³-hybridized carbons (Fsp3) is 0.176. The molecule has 2 rings (SSSR count). The molecule has 0 bridgehead atoms. The van der Waals surface area contributed by atoms with Crippen LogP contribution in [0.1, 0.15) is 17.5 Å². The van der Waals surface area contributed by atoms with Crippen molar-refractivity contribution in [1.82, 2.24) is 0 Å². The minimum Gasteiger partial charge on any atom is -0.339 e. The second-order valence-electron chi connectivity index (χ2n) is 4.49. The molecule has 104 valence electrons. The van der Waals surface area contributed by atoms with Gasteiger partial charge in [-0.2, -0.15) is 10.5 Å². The fourth-order valence-electron chi connectivity index (χ4n) is 2.15. The van der Waals surface area contributed by atoms with Crippen LogP contribution in [0.3, 0.4) is 0 Å². The molecule has 0 aromatic heterocycles. The van der Waals surface area contributed by atoms with Gasteiger partial charge in [-0.05, 0) is 29.8 Å². The van der Waals surface area contributed by atoms with Crippen molar-refractivity contribution in [1.29, 1.82) is 10.5 Å². The zero-order chi connectivity index (χ0) is 15.1. The molecular formula is C17H14ClN3. The van der Waals surface area contributed by atoms with Crippen LogP contribution >= 0.6 is 11.6 Å². The third-order valence-corrected chi connectivity index (χ3v) is 3.45. The van der Waals surface area contributed by atoms with Crippen molar-refractivity contribution in [3.8, 4) is 12.1 Å². The van der Waals surface area contributed by atoms with E-state index in [9.17, 15) is 5.26 Å². The summed E-state index contributed by atoms with van der Waals surface area (Å²) in [7, 11) is 0. The average molecular weight is 296 g/mol. The standard InChI is InChI=1S/C17H14ClN3/c18-12-14-7-8-17(15(11-14)13-20)21(10-4-9-19)16-5-2-1-3-6-16/h1-3,5-8,11H,4,10,12H2. The molecular weight excluding hydrogens is 282 g/mol. The number of para-hydroxylation sites is 1. The number of rotatable bonds is 5. The second-order valence-corrected chi connectivity index (χ2v) is 4.76. The highest BCUT2D eigenvalue weighted by Gasteiger charge is 2.13. The fourth-order valence-corrected chi connectivity index (χ4v) is 2.32. The third-order valence-electron chi connectivity index (χ3n) is 3.14. The lowest BCUT2D eigenvalue weighted by molar-refractivity contribution is 0.945. The molecule has 2 aromatic rings. The predicted octanol–water partition coefficient (Wildman–Crippen LogP) is 4.35. The normalized spacial score (nSPS) is 9.67. The quantitative estimate of drug-likeness (QED) is 0.771. The molecule has 0 aliphatic heterocycles. The molecule has 0 unspecified atom stereocenters. The Kier molecular flexibility index (Phi) is 5.21. The lowest BCUT2D eigenvalue weighted by Crippen LogP contribution is -2.19. The molecule has 0 saturated heterocycles. The number of anilines is 2. The SMILES string of the molecule is N#CCCN(c1ccccc1)c1ccc(CCl)cc1C#N. The van der Waals surface area contributed by atoms with Gasteiger partial charge in [0.15, 0.2) is 0 Å². The maximum Gasteiger partial charge on any atom is 0.101 e. The highest BCUT2D eigenvalue weighted by atomic mass is 35.5. The molecule has 21 heavy (non-hydrogen) atoms. The Morgan fingerprint density at radius 3 is 2.43 bits per heavy atom. The van der Waals surface area contributed by atoms with E-state index >= 15 is 0 Å². The van der Waals surface area contributed by atoms with E-state index in [1.807, 2.05) is 47.4 Å². The predicted molar refractivity (Wildman–Crippen MR) is 84.4 cm³/mol. The summed E-state index contributed by atoms with van der Waals surface area (Å²) < 4.78 is 0. The van der Waals surface area contributed by atoms with E-state index in [0.717, 1.165) is 16.9 Å². The highest BCUT2D eigenvalue weighted by Crippen LogP contribution is 2.29. The zero-order valence-electron chi connectivity index (χ0n) is 11.5. The number of nitrogens with zero attached hydrogens (tertiary/aromatic N) is 3. The second kappa shape index (κ2) is 7.33. The summed E-state index contributed by atoms with van der Waals surface area (Å²) in [5.74, 6) is 0.374. The number of benzene rings is 2. The van der Waals surface area contributed by atoms with E-state index in [4.69, 9.17) is 16.9 Å². The maximum atomic E-state index is 9.37. The Balaban J connectivity index is 2.47. The first-order valence-electron chi connectivity index (χ1n) is 6.58. The maximum absolute atomic E-state index is 9.37. The lowest BCUT2D eigenvalue weighted by Gasteiger charge is -2.25. The Hall–Kier alpha value is -2.49. The molecule has 0 amide bonds. The average Bonchev–Trinajstić information content (AvgIpc) is 2.56. The lowest BCUT2D eigenvalue weighted by atomic mass is 10.1. The number of hydrogen-bond donors (Lipinski definition) is 0. The molecule has 0 N–H and O–H groups in total. The Bertz CT molecular complexity index is 683. The molecule has 3 nitrogen and oxygen atoms in total. The van der Waals surface area contributed by atoms with Gasteiger partial charge in [-0.1, -0.05) is 24.3 Å². The highest BCUT2D eigenvalue weighted by molar-refractivity contribution is 6.17. The largest absolute Gasteiger partial charge is 0.339 e. The minimum absolute atomic E-state index is 0.374. The number of alkyl halides is 1. The van der Waals surface area contributed by atoms with E-state index in [1.54, 1.807) is 6.07 Å². The summed E-state index contributed by atoms with van der Waals surface area (Å²) in [4.78, 5) is 1.99. The van der Waals surface area contributed by atoms with Gasteiger partial charge in [0.05, 0.1) is 23.7 Å². The van der Waals surface area contributed by atoms with Crippen LogP contribution in [0.4, 0.5) is 11.4 Å². The third kappa shape index (κ3) is 3.54. The zero-order valence-corrected chi connectivity index (χ0v) is 12.2. The molecule has 0 aliphatic rings. The van der Waals surface area contributed by atoms with Gasteiger partial charge < -0.3 is 4.90 Å². The van der Waals surface area contributed by atoms with Crippen molar-refractivity contribution >= 4 is 23.0 Å². The van der Waals surface area contributed by atoms with Crippen molar-refractivity contribution in [3.63, 3.8) is 0 Å². The minimum atomic E-state index is 0.374. The van der Waals surface area contributed by atoms with Crippen LogP contribution in [0.25, 0.3) is 0 Å². The number of hydrogen-bond acceptors (Lipinski definition) is 3. The smallest absolute Gasteiger partial charge is 0.101 e. The van der Waals surface area contributed by atoms with Gasteiger partial charge in [-0.25, -0.2) is 0 Å². The summed E-state index contributed by atoms with van der Waals surface area (Å²) in [6.45, 7) is 0.537. The van der Waals surface area contributed by atoms with E-state index < -0.39 is 0 Å². The van der Waals surface area contributed by atoms with Crippen LogP contribution in [0.15, 0.2) is 48.5 Å².